The van der Waals surface area contributed by atoms with E-state index in [0.717, 1.165) is 19.4 Å². The number of hydrogen-bond donors (Lipinski definition) is 0. The lowest BCUT2D eigenvalue weighted by atomic mass is 9.75. The minimum absolute atomic E-state index is 0.0210. The highest BCUT2D eigenvalue weighted by Crippen LogP contribution is 2.39. The summed E-state index contributed by atoms with van der Waals surface area (Å²) in [6.45, 7) is 2.78. The Labute approximate surface area is 157 Å². The standard InChI is InChI=1S/C19H24FN5O2/c1-23-7-5-14(11-27-17-16(20)4-3-6-21-17)8-19(23)12-25(13-19)18(26)15-9-22-24(2)10-15/h3-4,6,9-10,14H,5,7-8,11-13H2,1-2H3. The number of nitrogens with zero attached hydrogens (tertiary/aromatic N) is 5. The molecule has 1 amide bonds. The molecule has 1 spiro atoms. The number of likely N-dealkylation sites (N-methyl/N-ethyl adjacent to an activating group) is 1. The predicted molar refractivity (Wildman–Crippen MR) is 96.9 cm³/mol. The van der Waals surface area contributed by atoms with Gasteiger partial charge in [0, 0.05) is 32.5 Å². The first-order chi connectivity index (χ1) is 13.0. The molecule has 4 heterocycles. The summed E-state index contributed by atoms with van der Waals surface area (Å²) >= 11 is 0. The van der Waals surface area contributed by atoms with Crippen LogP contribution in [0.15, 0.2) is 30.7 Å². The van der Waals surface area contributed by atoms with E-state index in [1.807, 2.05) is 4.90 Å². The van der Waals surface area contributed by atoms with Crippen LogP contribution in [0.5, 0.6) is 5.88 Å². The van der Waals surface area contributed by atoms with Crippen molar-refractivity contribution < 1.29 is 13.9 Å². The van der Waals surface area contributed by atoms with E-state index in [4.69, 9.17) is 4.74 Å². The lowest BCUT2D eigenvalue weighted by Gasteiger charge is -2.58. The number of pyridine rings is 1. The molecule has 2 aromatic heterocycles. The number of piperidine rings is 1. The smallest absolute Gasteiger partial charge is 0.257 e. The molecular weight excluding hydrogens is 349 g/mol. The van der Waals surface area contributed by atoms with Gasteiger partial charge in [0.05, 0.1) is 23.9 Å². The molecular formula is C19H24FN5O2. The van der Waals surface area contributed by atoms with Crippen LogP contribution in [-0.4, -0.2) is 69.3 Å². The van der Waals surface area contributed by atoms with Gasteiger partial charge < -0.3 is 9.64 Å². The molecule has 0 N–H and O–H groups in total. The van der Waals surface area contributed by atoms with Gasteiger partial charge in [-0.05, 0) is 44.5 Å². The highest BCUT2D eigenvalue weighted by molar-refractivity contribution is 5.94. The molecule has 0 aliphatic carbocycles. The maximum Gasteiger partial charge on any atom is 0.257 e. The van der Waals surface area contributed by atoms with Gasteiger partial charge >= 0.3 is 0 Å². The maximum absolute atomic E-state index is 13.7. The van der Waals surface area contributed by atoms with E-state index < -0.39 is 5.82 Å². The third kappa shape index (κ3) is 3.41. The van der Waals surface area contributed by atoms with Crippen molar-refractivity contribution >= 4 is 5.91 Å². The summed E-state index contributed by atoms with van der Waals surface area (Å²) in [7, 11) is 3.92. The van der Waals surface area contributed by atoms with Crippen molar-refractivity contribution in [3.8, 4) is 5.88 Å². The summed E-state index contributed by atoms with van der Waals surface area (Å²) in [4.78, 5) is 20.7. The van der Waals surface area contributed by atoms with Crippen LogP contribution in [0.4, 0.5) is 4.39 Å². The molecule has 4 rings (SSSR count). The number of hydrogen-bond acceptors (Lipinski definition) is 5. The minimum atomic E-state index is -0.433. The number of amides is 1. The second-order valence-electron chi connectivity index (χ2n) is 7.67. The number of aryl methyl sites for hydroxylation is 1. The quantitative estimate of drug-likeness (QED) is 0.814. The van der Waals surface area contributed by atoms with Gasteiger partial charge in [0.2, 0.25) is 5.88 Å². The summed E-state index contributed by atoms with van der Waals surface area (Å²) in [6.07, 6.45) is 6.80. The highest BCUT2D eigenvalue weighted by atomic mass is 19.1. The van der Waals surface area contributed by atoms with Crippen LogP contribution >= 0.6 is 0 Å². The number of aromatic nitrogens is 3. The van der Waals surface area contributed by atoms with Crippen molar-refractivity contribution in [2.45, 2.75) is 18.4 Å². The van der Waals surface area contributed by atoms with Gasteiger partial charge in [0.1, 0.15) is 0 Å². The van der Waals surface area contributed by atoms with Crippen molar-refractivity contribution in [1.82, 2.24) is 24.6 Å². The fourth-order valence-electron chi connectivity index (χ4n) is 4.12. The molecule has 2 aliphatic rings. The Hall–Kier alpha value is -2.48. The van der Waals surface area contributed by atoms with Gasteiger partial charge in [-0.2, -0.15) is 5.10 Å². The normalized spacial score (nSPS) is 21.9. The zero-order valence-corrected chi connectivity index (χ0v) is 15.6. The van der Waals surface area contributed by atoms with Gasteiger partial charge in [0.15, 0.2) is 5.82 Å². The summed E-state index contributed by atoms with van der Waals surface area (Å²) in [5, 5.41) is 4.08. The Kier molecular flexibility index (Phi) is 4.59. The van der Waals surface area contributed by atoms with E-state index in [9.17, 15) is 9.18 Å². The summed E-state index contributed by atoms with van der Waals surface area (Å²) in [5.74, 6) is -0.0289. The second kappa shape index (κ2) is 6.92. The van der Waals surface area contributed by atoms with Crippen LogP contribution in [0, 0.1) is 11.7 Å². The fraction of sp³-hybridized carbons (Fsp3) is 0.526. The molecule has 144 valence electrons. The molecule has 1 atom stereocenters. The molecule has 1 unspecified atom stereocenters. The average molecular weight is 373 g/mol. The summed E-state index contributed by atoms with van der Waals surface area (Å²) in [6, 6.07) is 2.90. The average Bonchev–Trinajstić information content (AvgIpc) is 3.06. The van der Waals surface area contributed by atoms with Crippen LogP contribution in [0.1, 0.15) is 23.2 Å². The Morgan fingerprint density at radius 2 is 2.22 bits per heavy atom. The fourth-order valence-corrected chi connectivity index (χ4v) is 4.12. The van der Waals surface area contributed by atoms with Crippen LogP contribution in [0.3, 0.4) is 0 Å². The third-order valence-corrected chi connectivity index (χ3v) is 5.74. The predicted octanol–water partition coefficient (Wildman–Crippen LogP) is 1.57. The van der Waals surface area contributed by atoms with E-state index in [-0.39, 0.29) is 17.3 Å². The Bertz CT molecular complexity index is 833. The largest absolute Gasteiger partial charge is 0.475 e. The first kappa shape index (κ1) is 17.9. The number of likely N-dealkylation sites (tertiary alicyclic amines) is 2. The van der Waals surface area contributed by atoms with Crippen LogP contribution in [0.25, 0.3) is 0 Å². The molecule has 2 saturated heterocycles. The molecule has 0 aromatic carbocycles. The van der Waals surface area contributed by atoms with Crippen LogP contribution < -0.4 is 4.74 Å². The van der Waals surface area contributed by atoms with Crippen LogP contribution in [-0.2, 0) is 7.05 Å². The number of carbonyl (C=O) groups excluding carboxylic acids is 1. The minimum Gasteiger partial charge on any atom is -0.475 e. The van der Waals surface area contributed by atoms with Crippen LogP contribution in [0.2, 0.25) is 0 Å². The zero-order valence-electron chi connectivity index (χ0n) is 15.6. The van der Waals surface area contributed by atoms with Crippen molar-refractivity contribution in [2.24, 2.45) is 13.0 Å². The monoisotopic (exact) mass is 373 g/mol. The zero-order chi connectivity index (χ0) is 19.0. The van der Waals surface area contributed by atoms with E-state index in [2.05, 4.69) is 22.0 Å². The maximum atomic E-state index is 13.7. The third-order valence-electron chi connectivity index (χ3n) is 5.74. The molecule has 8 heteroatoms. The topological polar surface area (TPSA) is 63.5 Å². The lowest BCUT2D eigenvalue weighted by molar-refractivity contribution is -0.0696. The SMILES string of the molecule is CN1CCC(COc2ncccc2F)CC12CN(C(=O)c1cnn(C)c1)C2. The number of ether oxygens (including phenoxy) is 1. The van der Waals surface area contributed by atoms with E-state index in [0.29, 0.717) is 31.2 Å². The van der Waals surface area contributed by atoms with Crippen molar-refractivity contribution in [1.29, 1.82) is 0 Å². The molecule has 0 bridgehead atoms. The number of carbonyl (C=O) groups is 1. The molecule has 7 nitrogen and oxygen atoms in total. The van der Waals surface area contributed by atoms with Crippen molar-refractivity contribution in [3.63, 3.8) is 0 Å². The van der Waals surface area contributed by atoms with Gasteiger partial charge in [-0.3, -0.25) is 14.4 Å². The molecule has 2 aliphatic heterocycles. The van der Waals surface area contributed by atoms with Crippen molar-refractivity contribution in [3.05, 3.63) is 42.1 Å². The Balaban J connectivity index is 1.36. The number of halogens is 1. The summed E-state index contributed by atoms with van der Waals surface area (Å²) < 4.78 is 21.0. The first-order valence-electron chi connectivity index (χ1n) is 9.19. The van der Waals surface area contributed by atoms with Gasteiger partial charge in [-0.1, -0.05) is 0 Å². The molecule has 2 fully saturated rings. The molecule has 2 aromatic rings. The van der Waals surface area contributed by atoms with E-state index in [1.54, 1.807) is 30.2 Å². The molecule has 27 heavy (non-hydrogen) atoms. The Morgan fingerprint density at radius 1 is 1.41 bits per heavy atom. The van der Waals surface area contributed by atoms with Gasteiger partial charge in [-0.15, -0.1) is 0 Å². The Morgan fingerprint density at radius 3 is 2.93 bits per heavy atom. The summed E-state index contributed by atoms with van der Waals surface area (Å²) in [5.41, 5.74) is 0.601. The molecule has 0 saturated carbocycles. The van der Waals surface area contributed by atoms with Crippen molar-refractivity contribution in [2.75, 3.05) is 33.3 Å². The number of rotatable bonds is 4. The molecule has 0 radical (unpaired) electrons. The first-order valence-corrected chi connectivity index (χ1v) is 9.19. The second-order valence-corrected chi connectivity index (χ2v) is 7.67. The lowest BCUT2D eigenvalue weighted by Crippen LogP contribution is -2.72. The van der Waals surface area contributed by atoms with Gasteiger partial charge in [0.25, 0.3) is 5.91 Å². The highest BCUT2D eigenvalue weighted by Gasteiger charge is 2.51. The van der Waals surface area contributed by atoms with Gasteiger partial charge in [-0.25, -0.2) is 9.37 Å². The van der Waals surface area contributed by atoms with E-state index in [1.165, 1.54) is 12.3 Å². The van der Waals surface area contributed by atoms with E-state index >= 15 is 0 Å².